The molecule has 20 heavy (non-hydrogen) atoms. The second-order valence-corrected chi connectivity index (χ2v) is 6.65. The monoisotopic (exact) mass is 299 g/mol. The van der Waals surface area contributed by atoms with Crippen molar-refractivity contribution in [3.63, 3.8) is 0 Å². The summed E-state index contributed by atoms with van der Waals surface area (Å²) in [5.74, 6) is 2.02. The maximum Gasteiger partial charge on any atom is 0.119 e. The van der Waals surface area contributed by atoms with E-state index in [0.29, 0.717) is 24.0 Å². The van der Waals surface area contributed by atoms with Crippen LogP contribution in [0, 0.1) is 5.92 Å². The summed E-state index contributed by atoms with van der Waals surface area (Å²) in [5.41, 5.74) is 6.55. The topological polar surface area (TPSA) is 72.5 Å². The molecule has 0 bridgehead atoms. The van der Waals surface area contributed by atoms with Gasteiger partial charge >= 0.3 is 0 Å². The maximum absolute atomic E-state index is 11.8. The Kier molecular flexibility index (Phi) is 7.80. The zero-order valence-electron chi connectivity index (χ0n) is 12.2. The normalized spacial score (nSPS) is 15.6. The van der Waals surface area contributed by atoms with Crippen molar-refractivity contribution in [1.82, 2.24) is 0 Å². The highest BCUT2D eigenvalue weighted by Crippen LogP contribution is 2.12. The van der Waals surface area contributed by atoms with Crippen molar-refractivity contribution in [3.8, 4) is 5.75 Å². The lowest BCUT2D eigenvalue weighted by molar-refractivity contribution is 0.125. The molecule has 0 aromatic heterocycles. The third-order valence-corrected chi connectivity index (χ3v) is 4.84. The highest BCUT2D eigenvalue weighted by molar-refractivity contribution is 7.85. The molecule has 0 amide bonds. The molecule has 5 heteroatoms. The van der Waals surface area contributed by atoms with Gasteiger partial charge in [0.2, 0.25) is 0 Å². The molecule has 1 aromatic rings. The first kappa shape index (κ1) is 17.1. The minimum absolute atomic E-state index is 0.161. The van der Waals surface area contributed by atoms with Crippen LogP contribution in [-0.2, 0) is 17.3 Å². The molecule has 0 aliphatic rings. The number of benzene rings is 1. The van der Waals surface area contributed by atoms with Crippen LogP contribution in [0.3, 0.4) is 0 Å². The first-order valence-corrected chi connectivity index (χ1v) is 8.48. The molecule has 0 aliphatic heterocycles. The molecular weight excluding hydrogens is 274 g/mol. The summed E-state index contributed by atoms with van der Waals surface area (Å²) in [6.07, 6.45) is 0.306. The van der Waals surface area contributed by atoms with E-state index in [1.807, 2.05) is 24.3 Å². The largest absolute Gasteiger partial charge is 0.491 e. The Balaban J connectivity index is 2.31. The van der Waals surface area contributed by atoms with E-state index < -0.39 is 16.9 Å². The van der Waals surface area contributed by atoms with Crippen LogP contribution in [0.25, 0.3) is 0 Å². The zero-order valence-corrected chi connectivity index (χ0v) is 13.1. The number of hydrogen-bond donors (Lipinski definition) is 2. The Morgan fingerprint density at radius 3 is 2.50 bits per heavy atom. The molecule has 3 N–H and O–H groups in total. The molecule has 0 spiro atoms. The van der Waals surface area contributed by atoms with Crippen LogP contribution in [-0.4, -0.2) is 33.5 Å². The second-order valence-electron chi connectivity index (χ2n) is 5.10. The number of aliphatic hydroxyl groups excluding tert-OH is 1. The van der Waals surface area contributed by atoms with Crippen molar-refractivity contribution in [2.45, 2.75) is 32.9 Å². The molecule has 4 nitrogen and oxygen atoms in total. The lowest BCUT2D eigenvalue weighted by Gasteiger charge is -2.14. The van der Waals surface area contributed by atoms with Gasteiger partial charge in [-0.25, -0.2) is 0 Å². The Bertz CT molecular complexity index is 408. The van der Waals surface area contributed by atoms with Gasteiger partial charge in [-0.05, 0) is 23.6 Å². The first-order chi connectivity index (χ1) is 9.55. The van der Waals surface area contributed by atoms with Crippen LogP contribution < -0.4 is 10.5 Å². The molecule has 0 saturated carbocycles. The van der Waals surface area contributed by atoms with Crippen LogP contribution in [0.4, 0.5) is 0 Å². The molecule has 1 rings (SSSR count). The highest BCUT2D eigenvalue weighted by atomic mass is 32.2. The standard InChI is InChI=1S/C15H25NO3S/c1-3-12(2)10-20(18)11-14(17)9-19-15-6-4-13(8-16)5-7-15/h4-7,12,14,17H,3,8-11,16H2,1-2H3. The summed E-state index contributed by atoms with van der Waals surface area (Å²) >= 11 is 0. The van der Waals surface area contributed by atoms with E-state index in [2.05, 4.69) is 13.8 Å². The van der Waals surface area contributed by atoms with Gasteiger partial charge in [-0.15, -0.1) is 0 Å². The van der Waals surface area contributed by atoms with E-state index in [0.717, 1.165) is 12.0 Å². The maximum atomic E-state index is 11.8. The molecule has 1 aromatic carbocycles. The quantitative estimate of drug-likeness (QED) is 0.727. The number of nitrogens with two attached hydrogens (primary N) is 1. The van der Waals surface area contributed by atoms with Crippen LogP contribution in [0.1, 0.15) is 25.8 Å². The Morgan fingerprint density at radius 1 is 1.30 bits per heavy atom. The first-order valence-electron chi connectivity index (χ1n) is 7.00. The highest BCUT2D eigenvalue weighted by Gasteiger charge is 2.12. The molecule has 0 heterocycles. The Morgan fingerprint density at radius 2 is 1.95 bits per heavy atom. The number of hydrogen-bond acceptors (Lipinski definition) is 4. The van der Waals surface area contributed by atoms with Gasteiger partial charge in [0.1, 0.15) is 12.4 Å². The minimum atomic E-state index is -0.990. The van der Waals surface area contributed by atoms with Gasteiger partial charge < -0.3 is 15.6 Å². The van der Waals surface area contributed by atoms with Crippen molar-refractivity contribution in [2.75, 3.05) is 18.1 Å². The van der Waals surface area contributed by atoms with E-state index in [-0.39, 0.29) is 12.4 Å². The molecular formula is C15H25NO3S. The van der Waals surface area contributed by atoms with Gasteiger partial charge in [0.05, 0.1) is 11.9 Å². The van der Waals surface area contributed by atoms with E-state index in [1.165, 1.54) is 0 Å². The van der Waals surface area contributed by atoms with Crippen molar-refractivity contribution in [1.29, 1.82) is 0 Å². The van der Waals surface area contributed by atoms with Crippen LogP contribution in [0.15, 0.2) is 24.3 Å². The van der Waals surface area contributed by atoms with Crippen LogP contribution >= 0.6 is 0 Å². The summed E-state index contributed by atoms with van der Waals surface area (Å²) in [4.78, 5) is 0. The van der Waals surface area contributed by atoms with Crippen molar-refractivity contribution >= 4 is 10.8 Å². The fraction of sp³-hybridized carbons (Fsp3) is 0.600. The van der Waals surface area contributed by atoms with Gasteiger partial charge in [-0.1, -0.05) is 32.4 Å². The molecule has 0 aliphatic carbocycles. The Hall–Kier alpha value is -0.910. The fourth-order valence-corrected chi connectivity index (χ4v) is 3.21. The minimum Gasteiger partial charge on any atom is -0.491 e. The molecule has 0 radical (unpaired) electrons. The van der Waals surface area contributed by atoms with E-state index in [1.54, 1.807) is 0 Å². The van der Waals surface area contributed by atoms with Crippen molar-refractivity contribution in [3.05, 3.63) is 29.8 Å². The average Bonchev–Trinajstić information content (AvgIpc) is 2.45. The molecule has 0 saturated heterocycles. The fourth-order valence-electron chi connectivity index (χ4n) is 1.68. The van der Waals surface area contributed by atoms with E-state index >= 15 is 0 Å². The average molecular weight is 299 g/mol. The number of ether oxygens (including phenoxy) is 1. The van der Waals surface area contributed by atoms with E-state index in [4.69, 9.17) is 10.5 Å². The molecule has 3 atom stereocenters. The summed E-state index contributed by atoms with van der Waals surface area (Å²) < 4.78 is 17.3. The van der Waals surface area contributed by atoms with Gasteiger partial charge in [0, 0.05) is 23.1 Å². The smallest absolute Gasteiger partial charge is 0.119 e. The van der Waals surface area contributed by atoms with Gasteiger partial charge in [-0.3, -0.25) is 4.21 Å². The predicted octanol–water partition coefficient (Wildman–Crippen LogP) is 1.68. The SMILES string of the molecule is CCC(C)CS(=O)CC(O)COc1ccc(CN)cc1. The molecule has 0 fully saturated rings. The van der Waals surface area contributed by atoms with E-state index in [9.17, 15) is 9.32 Å². The lowest BCUT2D eigenvalue weighted by Crippen LogP contribution is -2.26. The van der Waals surface area contributed by atoms with Crippen LogP contribution in [0.5, 0.6) is 5.75 Å². The Labute approximate surface area is 123 Å². The summed E-state index contributed by atoms with van der Waals surface area (Å²) in [5, 5.41) is 9.83. The van der Waals surface area contributed by atoms with Gasteiger partial charge in [0.25, 0.3) is 0 Å². The zero-order chi connectivity index (χ0) is 15.0. The number of aliphatic hydroxyl groups is 1. The lowest BCUT2D eigenvalue weighted by atomic mass is 10.2. The van der Waals surface area contributed by atoms with Gasteiger partial charge in [-0.2, -0.15) is 0 Å². The molecule has 3 unspecified atom stereocenters. The number of rotatable bonds is 9. The van der Waals surface area contributed by atoms with Crippen molar-refractivity contribution < 1.29 is 14.1 Å². The summed E-state index contributed by atoms with van der Waals surface area (Å²) in [7, 11) is -0.990. The summed E-state index contributed by atoms with van der Waals surface area (Å²) in [6, 6.07) is 7.43. The third kappa shape index (κ3) is 6.50. The second kappa shape index (κ2) is 9.10. The van der Waals surface area contributed by atoms with Crippen molar-refractivity contribution in [2.24, 2.45) is 11.7 Å². The predicted molar refractivity (Wildman–Crippen MR) is 83.2 cm³/mol. The third-order valence-electron chi connectivity index (χ3n) is 3.15. The molecule has 114 valence electrons. The van der Waals surface area contributed by atoms with Crippen LogP contribution in [0.2, 0.25) is 0 Å². The summed E-state index contributed by atoms with van der Waals surface area (Å²) in [6.45, 7) is 4.80. The van der Waals surface area contributed by atoms with Gasteiger partial charge in [0.15, 0.2) is 0 Å².